The first kappa shape index (κ1) is 16.4. The number of benzene rings is 2. The van der Waals surface area contributed by atoms with Crippen molar-refractivity contribution in [2.75, 3.05) is 14.2 Å². The Balaban J connectivity index is 2.07. The Bertz CT molecular complexity index is 797. The van der Waals surface area contributed by atoms with E-state index in [0.717, 1.165) is 37.5 Å². The smallest absolute Gasteiger partial charge is 0.163 e. The van der Waals surface area contributed by atoms with Gasteiger partial charge in [0.15, 0.2) is 4.34 Å². The third-order valence-electron chi connectivity index (χ3n) is 3.47. The zero-order chi connectivity index (χ0) is 16.9. The van der Waals surface area contributed by atoms with Crippen molar-refractivity contribution in [3.05, 3.63) is 48.5 Å². The second-order valence-corrected chi connectivity index (χ2v) is 6.92. The second kappa shape index (κ2) is 7.43. The summed E-state index contributed by atoms with van der Waals surface area (Å²) in [5.41, 5.74) is 3.04. The van der Waals surface area contributed by atoms with E-state index in [4.69, 9.17) is 20.9 Å². The van der Waals surface area contributed by atoms with E-state index in [1.165, 1.54) is 11.8 Å². The average molecular weight is 353 g/mol. The molecule has 3 rings (SSSR count). The van der Waals surface area contributed by atoms with E-state index in [-0.39, 0.29) is 0 Å². The molecule has 120 valence electrons. The minimum Gasteiger partial charge on any atom is -0.497 e. The van der Waals surface area contributed by atoms with Crippen LogP contribution in [0.1, 0.15) is 0 Å². The minimum absolute atomic E-state index is 0.818. The summed E-state index contributed by atoms with van der Waals surface area (Å²) in [6, 6.07) is 15.8. The van der Waals surface area contributed by atoms with Crippen LogP contribution in [0.2, 0.25) is 0 Å². The molecule has 0 spiro atoms. The van der Waals surface area contributed by atoms with E-state index >= 15 is 0 Å². The number of hydrogen-bond acceptors (Lipinski definition) is 5. The molecule has 0 saturated heterocycles. The summed E-state index contributed by atoms with van der Waals surface area (Å²) in [7, 11) is 3.31. The number of thiazole rings is 1. The lowest BCUT2D eigenvalue weighted by atomic mass is 10.1. The third kappa shape index (κ3) is 3.40. The van der Waals surface area contributed by atoms with E-state index in [2.05, 4.69) is 5.25 Å². The van der Waals surface area contributed by atoms with Crippen LogP contribution in [0.15, 0.2) is 52.9 Å². The molecule has 0 fully saturated rings. The summed E-state index contributed by atoms with van der Waals surface area (Å²) in [5, 5.41) is 2.59. The lowest BCUT2D eigenvalue weighted by Crippen LogP contribution is -1.86. The standard InChI is InChI=1S/C19H15NO2S2/c1-4-23-19-20-17(13-5-9-15(21-2)10-6-13)18(24-19)14-7-11-16(22-3)12-8-14/h1,5-12H,2-3H3. The molecule has 0 atom stereocenters. The molecule has 1 aromatic heterocycles. The Kier molecular flexibility index (Phi) is 5.09. The van der Waals surface area contributed by atoms with Crippen molar-refractivity contribution in [1.82, 2.24) is 4.98 Å². The fraction of sp³-hybridized carbons (Fsp3) is 0.105. The molecule has 0 saturated carbocycles. The number of hydrogen-bond donors (Lipinski definition) is 0. The molecule has 0 bridgehead atoms. The largest absolute Gasteiger partial charge is 0.497 e. The topological polar surface area (TPSA) is 31.4 Å². The lowest BCUT2D eigenvalue weighted by Gasteiger charge is -2.05. The molecule has 0 aliphatic carbocycles. The summed E-state index contributed by atoms with van der Waals surface area (Å²) < 4.78 is 11.3. The fourth-order valence-electron chi connectivity index (χ4n) is 2.28. The molecule has 3 aromatic rings. The van der Waals surface area contributed by atoms with Crippen molar-refractivity contribution >= 4 is 23.1 Å². The van der Waals surface area contributed by atoms with Crippen LogP contribution in [0.5, 0.6) is 11.5 Å². The summed E-state index contributed by atoms with van der Waals surface area (Å²) in [6.45, 7) is 0. The minimum atomic E-state index is 0.818. The number of terminal acetylenes is 1. The van der Waals surface area contributed by atoms with Crippen molar-refractivity contribution in [2.45, 2.75) is 4.34 Å². The van der Waals surface area contributed by atoms with Gasteiger partial charge < -0.3 is 9.47 Å². The zero-order valence-electron chi connectivity index (χ0n) is 13.3. The quantitative estimate of drug-likeness (QED) is 0.467. The average Bonchev–Trinajstić information content (AvgIpc) is 3.06. The van der Waals surface area contributed by atoms with Gasteiger partial charge in [0.25, 0.3) is 0 Å². The third-order valence-corrected chi connectivity index (χ3v) is 5.25. The summed E-state index contributed by atoms with van der Waals surface area (Å²) in [6.07, 6.45) is 5.42. The number of aromatic nitrogens is 1. The number of thioether (sulfide) groups is 1. The maximum absolute atomic E-state index is 5.42. The van der Waals surface area contributed by atoms with E-state index in [9.17, 15) is 0 Å². The SMILES string of the molecule is C#CSc1nc(-c2ccc(OC)cc2)c(-c2ccc(OC)cc2)s1. The molecule has 0 radical (unpaired) electrons. The summed E-state index contributed by atoms with van der Waals surface area (Å²) in [5.74, 6) is 1.64. The van der Waals surface area contributed by atoms with Crippen molar-refractivity contribution < 1.29 is 9.47 Å². The van der Waals surface area contributed by atoms with Crippen LogP contribution in [0.3, 0.4) is 0 Å². The van der Waals surface area contributed by atoms with Crippen LogP contribution < -0.4 is 9.47 Å². The van der Waals surface area contributed by atoms with Crippen molar-refractivity contribution in [2.24, 2.45) is 0 Å². The van der Waals surface area contributed by atoms with Crippen molar-refractivity contribution in [3.63, 3.8) is 0 Å². The van der Waals surface area contributed by atoms with Gasteiger partial charge in [-0.15, -0.1) is 17.8 Å². The zero-order valence-corrected chi connectivity index (χ0v) is 14.9. The van der Waals surface area contributed by atoms with Gasteiger partial charge in [-0.3, -0.25) is 0 Å². The van der Waals surface area contributed by atoms with Gasteiger partial charge in [-0.2, -0.15) is 0 Å². The van der Waals surface area contributed by atoms with Gasteiger partial charge in [-0.1, -0.05) is 0 Å². The van der Waals surface area contributed by atoms with Crippen molar-refractivity contribution in [3.8, 4) is 44.9 Å². The van der Waals surface area contributed by atoms with E-state index < -0.39 is 0 Å². The molecular formula is C19H15NO2S2. The number of methoxy groups -OCH3 is 2. The first-order valence-corrected chi connectivity index (χ1v) is 8.80. The number of rotatable bonds is 5. The molecule has 1 heterocycles. The molecule has 0 N–H and O–H groups in total. The second-order valence-electron chi connectivity index (χ2n) is 4.83. The van der Waals surface area contributed by atoms with Crippen LogP contribution in [-0.2, 0) is 0 Å². The number of nitrogens with zero attached hydrogens (tertiary/aromatic N) is 1. The molecule has 0 aliphatic rings. The maximum Gasteiger partial charge on any atom is 0.163 e. The van der Waals surface area contributed by atoms with Gasteiger partial charge in [0, 0.05) is 5.56 Å². The highest BCUT2D eigenvalue weighted by atomic mass is 32.2. The Morgan fingerprint density at radius 2 is 1.46 bits per heavy atom. The molecule has 5 heteroatoms. The highest BCUT2D eigenvalue weighted by Gasteiger charge is 2.15. The van der Waals surface area contributed by atoms with Crippen LogP contribution in [-0.4, -0.2) is 19.2 Å². The van der Waals surface area contributed by atoms with Crippen LogP contribution >= 0.6 is 23.1 Å². The Labute approximate surface area is 149 Å². The molecular weight excluding hydrogens is 338 g/mol. The molecule has 0 amide bonds. The Morgan fingerprint density at radius 1 is 0.917 bits per heavy atom. The van der Waals surface area contributed by atoms with E-state index in [1.54, 1.807) is 25.6 Å². The molecule has 0 unspecified atom stereocenters. The molecule has 24 heavy (non-hydrogen) atoms. The maximum atomic E-state index is 5.42. The van der Waals surface area contributed by atoms with Gasteiger partial charge in [0.1, 0.15) is 11.5 Å². The Hall–Kier alpha value is -2.42. The van der Waals surface area contributed by atoms with Gasteiger partial charge in [-0.05, 0) is 71.1 Å². The Morgan fingerprint density at radius 3 is 1.96 bits per heavy atom. The predicted molar refractivity (Wildman–Crippen MR) is 101 cm³/mol. The normalized spacial score (nSPS) is 10.2. The fourth-order valence-corrected chi connectivity index (χ4v) is 3.90. The molecule has 0 aliphatic heterocycles. The highest BCUT2D eigenvalue weighted by molar-refractivity contribution is 8.05. The predicted octanol–water partition coefficient (Wildman–Crippen LogP) is 5.18. The van der Waals surface area contributed by atoms with E-state index in [0.29, 0.717) is 0 Å². The van der Waals surface area contributed by atoms with Crippen LogP contribution in [0.25, 0.3) is 21.7 Å². The molecule has 2 aromatic carbocycles. The highest BCUT2D eigenvalue weighted by Crippen LogP contribution is 2.40. The van der Waals surface area contributed by atoms with Crippen LogP contribution in [0, 0.1) is 11.7 Å². The first-order chi connectivity index (χ1) is 11.7. The van der Waals surface area contributed by atoms with Gasteiger partial charge in [-0.25, -0.2) is 4.98 Å². The van der Waals surface area contributed by atoms with E-state index in [1.807, 2.05) is 48.5 Å². The van der Waals surface area contributed by atoms with Crippen molar-refractivity contribution in [1.29, 1.82) is 0 Å². The van der Waals surface area contributed by atoms with Gasteiger partial charge >= 0.3 is 0 Å². The molecule has 3 nitrogen and oxygen atoms in total. The number of ether oxygens (including phenoxy) is 2. The summed E-state index contributed by atoms with van der Waals surface area (Å²) in [4.78, 5) is 5.80. The van der Waals surface area contributed by atoms with Gasteiger partial charge in [0.05, 0.1) is 24.8 Å². The summed E-state index contributed by atoms with van der Waals surface area (Å²) >= 11 is 2.89. The van der Waals surface area contributed by atoms with Gasteiger partial charge in [0.2, 0.25) is 0 Å². The lowest BCUT2D eigenvalue weighted by molar-refractivity contribution is 0.414. The monoisotopic (exact) mass is 353 g/mol. The first-order valence-electron chi connectivity index (χ1n) is 7.17. The van der Waals surface area contributed by atoms with Crippen LogP contribution in [0.4, 0.5) is 0 Å².